The van der Waals surface area contributed by atoms with Crippen molar-refractivity contribution < 1.29 is 8.42 Å². The molecule has 0 amide bonds. The Morgan fingerprint density at radius 1 is 1.24 bits per heavy atom. The normalized spacial score (nSPS) is 11.5. The lowest BCUT2D eigenvalue weighted by Gasteiger charge is -2.13. The summed E-state index contributed by atoms with van der Waals surface area (Å²) in [4.78, 5) is 0. The number of anilines is 1. The van der Waals surface area contributed by atoms with Crippen LogP contribution in [0.2, 0.25) is 5.02 Å². The SMILES string of the molecule is O=S(=O)(CCCCCl)Nc1cccc(Cl)c1-n1cccn1. The number of rotatable bonds is 7. The number of nitrogens with one attached hydrogen (secondary N) is 1. The van der Waals surface area contributed by atoms with Crippen molar-refractivity contribution in [3.8, 4) is 5.69 Å². The molecule has 5 nitrogen and oxygen atoms in total. The van der Waals surface area contributed by atoms with Gasteiger partial charge in [-0.1, -0.05) is 17.7 Å². The summed E-state index contributed by atoms with van der Waals surface area (Å²) in [6.07, 6.45) is 4.47. The largest absolute Gasteiger partial charge is 0.281 e. The second kappa shape index (κ2) is 7.15. The minimum Gasteiger partial charge on any atom is -0.281 e. The van der Waals surface area contributed by atoms with Crippen LogP contribution >= 0.6 is 23.2 Å². The van der Waals surface area contributed by atoms with Crippen LogP contribution in [0.1, 0.15) is 12.8 Å². The van der Waals surface area contributed by atoms with Gasteiger partial charge in [0.1, 0.15) is 5.69 Å². The van der Waals surface area contributed by atoms with E-state index in [4.69, 9.17) is 23.2 Å². The van der Waals surface area contributed by atoms with Gasteiger partial charge in [0.25, 0.3) is 0 Å². The molecule has 1 heterocycles. The molecule has 0 saturated carbocycles. The van der Waals surface area contributed by atoms with Gasteiger partial charge in [-0.3, -0.25) is 4.72 Å². The summed E-state index contributed by atoms with van der Waals surface area (Å²) < 4.78 is 28.2. The Bertz CT molecular complexity index is 687. The predicted molar refractivity (Wildman–Crippen MR) is 85.9 cm³/mol. The van der Waals surface area contributed by atoms with Crippen LogP contribution in [0.25, 0.3) is 5.69 Å². The molecule has 2 rings (SSSR count). The van der Waals surface area contributed by atoms with Crippen molar-refractivity contribution in [2.45, 2.75) is 12.8 Å². The molecule has 0 unspecified atom stereocenters. The Hall–Kier alpha value is -1.24. The predicted octanol–water partition coefficient (Wildman–Crippen LogP) is 3.29. The van der Waals surface area contributed by atoms with Gasteiger partial charge in [0.2, 0.25) is 10.0 Å². The number of hydrogen-bond donors (Lipinski definition) is 1. The van der Waals surface area contributed by atoms with Crippen LogP contribution < -0.4 is 4.72 Å². The van der Waals surface area contributed by atoms with Gasteiger partial charge in [0.15, 0.2) is 0 Å². The lowest BCUT2D eigenvalue weighted by molar-refractivity contribution is 0.598. The maximum absolute atomic E-state index is 12.1. The van der Waals surface area contributed by atoms with E-state index in [0.29, 0.717) is 35.1 Å². The van der Waals surface area contributed by atoms with Gasteiger partial charge in [0.05, 0.1) is 16.5 Å². The molecule has 2 aromatic rings. The zero-order valence-corrected chi connectivity index (χ0v) is 13.5. The van der Waals surface area contributed by atoms with E-state index in [1.54, 1.807) is 36.7 Å². The van der Waals surface area contributed by atoms with Crippen molar-refractivity contribution in [1.82, 2.24) is 9.78 Å². The fourth-order valence-corrected chi connectivity index (χ4v) is 3.47. The van der Waals surface area contributed by atoms with Crippen LogP contribution in [0.4, 0.5) is 5.69 Å². The number of benzene rings is 1. The lowest BCUT2D eigenvalue weighted by Crippen LogP contribution is -2.18. The van der Waals surface area contributed by atoms with Gasteiger partial charge in [-0.05, 0) is 31.0 Å². The van der Waals surface area contributed by atoms with Crippen molar-refractivity contribution in [3.05, 3.63) is 41.7 Å². The molecule has 0 aliphatic carbocycles. The molecule has 0 saturated heterocycles. The van der Waals surface area contributed by atoms with Crippen LogP contribution in [0.15, 0.2) is 36.7 Å². The standard InChI is InChI=1S/C13H15Cl2N3O2S/c14-7-1-2-10-21(19,20)17-12-6-3-5-11(15)13(12)18-9-4-8-16-18/h3-6,8-9,17H,1-2,7,10H2. The van der Waals surface area contributed by atoms with E-state index in [-0.39, 0.29) is 5.75 Å². The maximum Gasteiger partial charge on any atom is 0.232 e. The molecule has 8 heteroatoms. The highest BCUT2D eigenvalue weighted by molar-refractivity contribution is 7.92. The first-order valence-electron chi connectivity index (χ1n) is 6.38. The minimum absolute atomic E-state index is 0.0186. The van der Waals surface area contributed by atoms with Gasteiger partial charge in [0, 0.05) is 18.3 Å². The van der Waals surface area contributed by atoms with Crippen LogP contribution in [0.3, 0.4) is 0 Å². The second-order valence-electron chi connectivity index (χ2n) is 4.40. The average Bonchev–Trinajstić information content (AvgIpc) is 2.92. The Morgan fingerprint density at radius 3 is 2.71 bits per heavy atom. The summed E-state index contributed by atoms with van der Waals surface area (Å²) in [6.45, 7) is 0. The van der Waals surface area contributed by atoms with Crippen LogP contribution in [-0.4, -0.2) is 29.8 Å². The fraction of sp³-hybridized carbons (Fsp3) is 0.308. The Labute approximate surface area is 133 Å². The van der Waals surface area contributed by atoms with Crippen LogP contribution in [0.5, 0.6) is 0 Å². The summed E-state index contributed by atoms with van der Waals surface area (Å²) in [6, 6.07) is 6.76. The van der Waals surface area contributed by atoms with Crippen molar-refractivity contribution >= 4 is 38.9 Å². The lowest BCUT2D eigenvalue weighted by atomic mass is 10.3. The monoisotopic (exact) mass is 347 g/mol. The Balaban J connectivity index is 2.27. The number of unbranched alkanes of at least 4 members (excludes halogenated alkanes) is 1. The van der Waals surface area contributed by atoms with Gasteiger partial charge in [-0.15, -0.1) is 11.6 Å². The van der Waals surface area contributed by atoms with E-state index in [9.17, 15) is 8.42 Å². The van der Waals surface area contributed by atoms with Gasteiger partial charge < -0.3 is 0 Å². The highest BCUT2D eigenvalue weighted by Gasteiger charge is 2.15. The number of sulfonamides is 1. The number of halogens is 2. The summed E-state index contributed by atoms with van der Waals surface area (Å²) in [5, 5.41) is 4.51. The highest BCUT2D eigenvalue weighted by Crippen LogP contribution is 2.28. The Morgan fingerprint density at radius 2 is 2.05 bits per heavy atom. The molecule has 0 spiro atoms. The molecule has 0 bridgehead atoms. The first-order chi connectivity index (χ1) is 10.0. The van der Waals surface area contributed by atoms with E-state index >= 15 is 0 Å². The van der Waals surface area contributed by atoms with Crippen molar-refractivity contribution in [3.63, 3.8) is 0 Å². The van der Waals surface area contributed by atoms with Crippen molar-refractivity contribution in [2.24, 2.45) is 0 Å². The third-order valence-electron chi connectivity index (χ3n) is 2.78. The third kappa shape index (κ3) is 4.36. The van der Waals surface area contributed by atoms with Crippen molar-refractivity contribution in [2.75, 3.05) is 16.4 Å². The molecule has 0 fully saturated rings. The molecule has 0 aliphatic heterocycles. The summed E-state index contributed by atoms with van der Waals surface area (Å²) >= 11 is 11.7. The molecule has 0 atom stereocenters. The zero-order chi connectivity index (χ0) is 15.3. The first kappa shape index (κ1) is 16.1. The summed E-state index contributed by atoms with van der Waals surface area (Å²) in [7, 11) is -3.45. The zero-order valence-electron chi connectivity index (χ0n) is 11.2. The number of nitrogens with zero attached hydrogens (tertiary/aromatic N) is 2. The minimum atomic E-state index is -3.45. The van der Waals surface area contributed by atoms with Crippen molar-refractivity contribution in [1.29, 1.82) is 0 Å². The molecule has 21 heavy (non-hydrogen) atoms. The molecular weight excluding hydrogens is 333 g/mol. The highest BCUT2D eigenvalue weighted by atomic mass is 35.5. The van der Waals surface area contributed by atoms with E-state index in [2.05, 4.69) is 9.82 Å². The topological polar surface area (TPSA) is 64.0 Å². The average molecular weight is 348 g/mol. The number of aromatic nitrogens is 2. The third-order valence-corrected chi connectivity index (χ3v) is 4.71. The van der Waals surface area contributed by atoms with Gasteiger partial charge >= 0.3 is 0 Å². The van der Waals surface area contributed by atoms with Gasteiger partial charge in [-0.25, -0.2) is 13.1 Å². The Kier molecular flexibility index (Phi) is 5.50. The fourth-order valence-electron chi connectivity index (χ4n) is 1.84. The van der Waals surface area contributed by atoms with E-state index in [1.165, 1.54) is 4.68 Å². The van der Waals surface area contributed by atoms with E-state index in [1.807, 2.05) is 0 Å². The molecule has 1 aromatic heterocycles. The molecule has 1 N–H and O–H groups in total. The first-order valence-corrected chi connectivity index (χ1v) is 8.95. The smallest absolute Gasteiger partial charge is 0.232 e. The van der Waals surface area contributed by atoms with Crippen LogP contribution in [0, 0.1) is 0 Å². The van der Waals surface area contributed by atoms with E-state index < -0.39 is 10.0 Å². The quantitative estimate of drug-likeness (QED) is 0.617. The number of para-hydroxylation sites is 1. The van der Waals surface area contributed by atoms with Gasteiger partial charge in [-0.2, -0.15) is 5.10 Å². The summed E-state index contributed by atoms with van der Waals surface area (Å²) in [5.41, 5.74) is 0.905. The molecule has 1 aromatic carbocycles. The second-order valence-corrected chi connectivity index (χ2v) is 7.03. The van der Waals surface area contributed by atoms with E-state index in [0.717, 1.165) is 0 Å². The molecule has 0 radical (unpaired) electrons. The number of hydrogen-bond acceptors (Lipinski definition) is 3. The molecule has 114 valence electrons. The molecular formula is C13H15Cl2N3O2S. The maximum atomic E-state index is 12.1. The number of alkyl halides is 1. The van der Waals surface area contributed by atoms with Crippen LogP contribution in [-0.2, 0) is 10.0 Å². The molecule has 0 aliphatic rings. The summed E-state index contributed by atoms with van der Waals surface area (Å²) in [5.74, 6) is 0.468.